The molecule has 2 aromatic rings. The summed E-state index contributed by atoms with van der Waals surface area (Å²) in [6.45, 7) is 3.04. The Morgan fingerprint density at radius 3 is 2.60 bits per heavy atom. The molecule has 0 saturated carbocycles. The van der Waals surface area contributed by atoms with Crippen molar-refractivity contribution in [2.45, 2.75) is 20.5 Å². The number of aliphatic hydroxyl groups excluding tert-OH is 1. The zero-order valence-electron chi connectivity index (χ0n) is 14.2. The molecule has 128 valence electrons. The van der Waals surface area contributed by atoms with Gasteiger partial charge in [-0.15, -0.1) is 0 Å². The number of rotatable bonds is 3. The number of carbonyl (C=O) groups is 2. The molecule has 0 saturated heterocycles. The van der Waals surface area contributed by atoms with Crippen molar-refractivity contribution in [2.75, 3.05) is 12.4 Å². The van der Waals surface area contributed by atoms with Gasteiger partial charge in [0.2, 0.25) is 5.91 Å². The smallest absolute Gasteiger partial charge is 0.356 e. The monoisotopic (exact) mass is 338 g/mol. The molecule has 0 fully saturated rings. The first-order chi connectivity index (χ1) is 11.9. The molecular weight excluding hydrogens is 320 g/mol. The third kappa shape index (κ3) is 4.90. The van der Waals surface area contributed by atoms with Crippen molar-refractivity contribution in [2.24, 2.45) is 0 Å². The molecule has 0 bridgehead atoms. The predicted molar refractivity (Wildman–Crippen MR) is 93.0 cm³/mol. The summed E-state index contributed by atoms with van der Waals surface area (Å²) in [6, 6.07) is 8.53. The number of aromatic nitrogens is 1. The Hall–Kier alpha value is -3.17. The first kappa shape index (κ1) is 18.2. The van der Waals surface area contributed by atoms with E-state index in [2.05, 4.69) is 26.9 Å². The van der Waals surface area contributed by atoms with Gasteiger partial charge >= 0.3 is 5.97 Å². The molecule has 0 unspecified atom stereocenters. The lowest BCUT2D eigenvalue weighted by Gasteiger charge is -2.05. The van der Waals surface area contributed by atoms with Crippen LogP contribution in [-0.2, 0) is 16.1 Å². The molecule has 2 N–H and O–H groups in total. The first-order valence-electron chi connectivity index (χ1n) is 7.53. The molecule has 0 aliphatic rings. The standard InChI is InChI=1S/C19H18N2O4/c1-12-8-16(20-13(2)23)7-6-15(12)5-4-14-9-17(11-22)21-18(10-14)19(24)25-3/h6-10,22H,11H2,1-3H3,(H,20,23). The van der Waals surface area contributed by atoms with Crippen LogP contribution in [0.15, 0.2) is 30.3 Å². The Kier molecular flexibility index (Phi) is 5.88. The average molecular weight is 338 g/mol. The fraction of sp³-hybridized carbons (Fsp3) is 0.211. The van der Waals surface area contributed by atoms with E-state index in [1.165, 1.54) is 20.1 Å². The number of hydrogen-bond donors (Lipinski definition) is 2. The summed E-state index contributed by atoms with van der Waals surface area (Å²) in [5, 5.41) is 12.0. The van der Waals surface area contributed by atoms with Gasteiger partial charge in [0.15, 0.2) is 0 Å². The molecule has 6 heteroatoms. The van der Waals surface area contributed by atoms with Gasteiger partial charge in [0.25, 0.3) is 0 Å². The summed E-state index contributed by atoms with van der Waals surface area (Å²) in [5.41, 5.74) is 3.38. The summed E-state index contributed by atoms with van der Waals surface area (Å²) in [6.07, 6.45) is 0. The van der Waals surface area contributed by atoms with E-state index >= 15 is 0 Å². The van der Waals surface area contributed by atoms with Gasteiger partial charge in [-0.05, 0) is 42.8 Å². The molecule has 0 spiro atoms. The Morgan fingerprint density at radius 1 is 1.24 bits per heavy atom. The molecule has 0 aliphatic carbocycles. The van der Waals surface area contributed by atoms with E-state index in [1.54, 1.807) is 12.1 Å². The second kappa shape index (κ2) is 8.08. The predicted octanol–water partition coefficient (Wildman–Crippen LogP) is 2.03. The third-order valence-electron chi connectivity index (χ3n) is 3.32. The van der Waals surface area contributed by atoms with E-state index in [1.807, 2.05) is 19.1 Å². The fourth-order valence-corrected chi connectivity index (χ4v) is 2.17. The second-order valence-corrected chi connectivity index (χ2v) is 5.34. The number of pyridine rings is 1. The largest absolute Gasteiger partial charge is 0.464 e. The summed E-state index contributed by atoms with van der Waals surface area (Å²) in [5.74, 6) is 5.26. The maximum atomic E-state index is 11.6. The van der Waals surface area contributed by atoms with Crippen LogP contribution in [0.5, 0.6) is 0 Å². The number of ether oxygens (including phenoxy) is 1. The Bertz CT molecular complexity index is 879. The number of esters is 1. The first-order valence-corrected chi connectivity index (χ1v) is 7.53. The van der Waals surface area contributed by atoms with Gasteiger partial charge in [0.05, 0.1) is 19.4 Å². The number of nitrogens with zero attached hydrogens (tertiary/aromatic N) is 1. The van der Waals surface area contributed by atoms with E-state index in [9.17, 15) is 14.7 Å². The molecule has 1 amide bonds. The van der Waals surface area contributed by atoms with Crippen molar-refractivity contribution >= 4 is 17.6 Å². The molecule has 1 aromatic heterocycles. The molecule has 1 aromatic carbocycles. The van der Waals surface area contributed by atoms with Gasteiger partial charge in [-0.2, -0.15) is 0 Å². The quantitative estimate of drug-likeness (QED) is 0.660. The summed E-state index contributed by atoms with van der Waals surface area (Å²) in [7, 11) is 1.26. The number of nitrogens with one attached hydrogen (secondary N) is 1. The van der Waals surface area contributed by atoms with Gasteiger partial charge in [-0.25, -0.2) is 9.78 Å². The number of benzene rings is 1. The highest BCUT2D eigenvalue weighted by molar-refractivity contribution is 5.89. The number of hydrogen-bond acceptors (Lipinski definition) is 5. The zero-order valence-corrected chi connectivity index (χ0v) is 14.2. The molecule has 2 rings (SSSR count). The highest BCUT2D eigenvalue weighted by Gasteiger charge is 2.09. The molecule has 1 heterocycles. The Balaban J connectivity index is 2.34. The van der Waals surface area contributed by atoms with Crippen LogP contribution in [0.1, 0.15) is 39.8 Å². The van der Waals surface area contributed by atoms with Gasteiger partial charge in [-0.1, -0.05) is 11.8 Å². The van der Waals surface area contributed by atoms with E-state index in [0.717, 1.165) is 11.1 Å². The van der Waals surface area contributed by atoms with Crippen LogP contribution in [0.2, 0.25) is 0 Å². The average Bonchev–Trinajstić information content (AvgIpc) is 2.59. The molecular formula is C19H18N2O4. The fourth-order valence-electron chi connectivity index (χ4n) is 2.17. The molecule has 25 heavy (non-hydrogen) atoms. The summed E-state index contributed by atoms with van der Waals surface area (Å²) < 4.78 is 4.65. The topological polar surface area (TPSA) is 88.5 Å². The molecule has 0 radical (unpaired) electrons. The van der Waals surface area contributed by atoms with Crippen molar-refractivity contribution in [1.29, 1.82) is 0 Å². The van der Waals surface area contributed by atoms with Crippen LogP contribution in [0.25, 0.3) is 0 Å². The number of aryl methyl sites for hydroxylation is 1. The number of aliphatic hydroxyl groups is 1. The highest BCUT2D eigenvalue weighted by atomic mass is 16.5. The van der Waals surface area contributed by atoms with Crippen LogP contribution >= 0.6 is 0 Å². The van der Waals surface area contributed by atoms with Gasteiger partial charge in [-0.3, -0.25) is 4.79 Å². The minimum Gasteiger partial charge on any atom is -0.464 e. The van der Waals surface area contributed by atoms with Crippen molar-refractivity contribution in [3.63, 3.8) is 0 Å². The number of anilines is 1. The van der Waals surface area contributed by atoms with Crippen molar-refractivity contribution in [3.8, 4) is 11.8 Å². The number of amides is 1. The van der Waals surface area contributed by atoms with Crippen LogP contribution < -0.4 is 5.32 Å². The van der Waals surface area contributed by atoms with Gasteiger partial charge < -0.3 is 15.2 Å². The van der Waals surface area contributed by atoms with Gasteiger partial charge in [0.1, 0.15) is 5.69 Å². The third-order valence-corrected chi connectivity index (χ3v) is 3.32. The summed E-state index contributed by atoms with van der Waals surface area (Å²) >= 11 is 0. The van der Waals surface area contributed by atoms with Crippen LogP contribution in [0.3, 0.4) is 0 Å². The lowest BCUT2D eigenvalue weighted by molar-refractivity contribution is -0.114. The number of methoxy groups -OCH3 is 1. The van der Waals surface area contributed by atoms with E-state index < -0.39 is 5.97 Å². The number of carbonyl (C=O) groups excluding carboxylic acids is 2. The highest BCUT2D eigenvalue weighted by Crippen LogP contribution is 2.15. The van der Waals surface area contributed by atoms with E-state index in [4.69, 9.17) is 0 Å². The van der Waals surface area contributed by atoms with Crippen LogP contribution in [0, 0.1) is 18.8 Å². The summed E-state index contributed by atoms with van der Waals surface area (Å²) in [4.78, 5) is 26.7. The minimum absolute atomic E-state index is 0.0936. The van der Waals surface area contributed by atoms with Crippen molar-refractivity contribution in [3.05, 3.63) is 58.4 Å². The Labute approximate surface area is 145 Å². The van der Waals surface area contributed by atoms with Gasteiger partial charge in [0, 0.05) is 23.7 Å². The lowest BCUT2D eigenvalue weighted by atomic mass is 10.1. The van der Waals surface area contributed by atoms with Crippen LogP contribution in [0.4, 0.5) is 5.69 Å². The van der Waals surface area contributed by atoms with E-state index in [-0.39, 0.29) is 18.2 Å². The van der Waals surface area contributed by atoms with Crippen molar-refractivity contribution < 1.29 is 19.4 Å². The SMILES string of the molecule is COC(=O)c1cc(C#Cc2ccc(NC(C)=O)cc2C)cc(CO)n1. The maximum absolute atomic E-state index is 11.6. The second-order valence-electron chi connectivity index (χ2n) is 5.34. The Morgan fingerprint density at radius 2 is 2.00 bits per heavy atom. The van der Waals surface area contributed by atoms with Crippen LogP contribution in [-0.4, -0.2) is 29.1 Å². The van der Waals surface area contributed by atoms with E-state index in [0.29, 0.717) is 16.9 Å². The maximum Gasteiger partial charge on any atom is 0.356 e. The minimum atomic E-state index is -0.589. The molecule has 0 aliphatic heterocycles. The van der Waals surface area contributed by atoms with Crippen molar-refractivity contribution in [1.82, 2.24) is 4.98 Å². The molecule has 0 atom stereocenters. The zero-order chi connectivity index (χ0) is 18.4. The normalized spacial score (nSPS) is 9.76. The molecule has 6 nitrogen and oxygen atoms in total. The lowest BCUT2D eigenvalue weighted by Crippen LogP contribution is -2.07.